The number of carbonyl (C=O) groups excluding carboxylic acids is 1. The van der Waals surface area contributed by atoms with Crippen molar-refractivity contribution < 1.29 is 13.6 Å². The summed E-state index contributed by atoms with van der Waals surface area (Å²) in [5.74, 6) is 3.32. The van der Waals surface area contributed by atoms with Gasteiger partial charge in [0.2, 0.25) is 16.6 Å². The Balaban J connectivity index is 2.23. The molecule has 1 aromatic carbocycles. The largest absolute Gasteiger partial charge is 0.543 e. The van der Waals surface area contributed by atoms with Crippen LogP contribution in [0.5, 0.6) is 11.5 Å². The molecule has 3 nitrogen and oxygen atoms in total. The lowest BCUT2D eigenvalue weighted by Gasteiger charge is -2.59. The standard InChI is InChI=1S/C32H56O3Si2/c1-14-15-16-17-22-18-27(34-36(10,11)30(2,3)4)29(28(19-22)35-37(12,13)31(5,6)7)23-20-26(33)25-21-24(23)32(25,8)9/h18-19,23-25H,14-17,20-21H2,1-13H3/t23-,24-,25+/m1/s1. The van der Waals surface area contributed by atoms with Crippen LogP contribution in [0, 0.1) is 17.3 Å². The minimum absolute atomic E-state index is 0.0439. The second-order valence-corrected chi connectivity index (χ2v) is 25.1. The van der Waals surface area contributed by atoms with Gasteiger partial charge in [0, 0.05) is 23.8 Å². The first-order chi connectivity index (χ1) is 16.7. The van der Waals surface area contributed by atoms with Crippen molar-refractivity contribution in [1.29, 1.82) is 0 Å². The van der Waals surface area contributed by atoms with E-state index in [-0.39, 0.29) is 27.3 Å². The smallest absolute Gasteiger partial charge is 0.250 e. The molecule has 2 bridgehead atoms. The van der Waals surface area contributed by atoms with Gasteiger partial charge in [-0.3, -0.25) is 4.79 Å². The number of aryl methyl sites for hydroxylation is 1. The van der Waals surface area contributed by atoms with Crippen LogP contribution in [0.3, 0.4) is 0 Å². The summed E-state index contributed by atoms with van der Waals surface area (Å²) >= 11 is 0. The van der Waals surface area contributed by atoms with Gasteiger partial charge in [-0.1, -0.05) is 75.2 Å². The fourth-order valence-corrected chi connectivity index (χ4v) is 7.81. The lowest BCUT2D eigenvalue weighted by atomic mass is 9.44. The van der Waals surface area contributed by atoms with Gasteiger partial charge in [0.05, 0.1) is 0 Å². The maximum atomic E-state index is 13.3. The van der Waals surface area contributed by atoms with Crippen LogP contribution in [-0.2, 0) is 11.2 Å². The third-order valence-electron chi connectivity index (χ3n) is 10.6. The molecular formula is C32H56O3Si2. The van der Waals surface area contributed by atoms with Gasteiger partial charge in [-0.05, 0) is 84.6 Å². The maximum Gasteiger partial charge on any atom is 0.250 e. The predicted octanol–water partition coefficient (Wildman–Crippen LogP) is 9.91. The fraction of sp³-hybridized carbons (Fsp3) is 0.781. The van der Waals surface area contributed by atoms with Crippen molar-refractivity contribution >= 4 is 22.4 Å². The molecule has 0 unspecified atom stereocenters. The molecule has 3 aliphatic rings. The molecule has 0 heterocycles. The number of benzene rings is 1. The van der Waals surface area contributed by atoms with Gasteiger partial charge in [0.15, 0.2) is 0 Å². The average Bonchev–Trinajstić information content (AvgIpc) is 2.70. The van der Waals surface area contributed by atoms with E-state index in [9.17, 15) is 4.79 Å². The van der Waals surface area contributed by atoms with Crippen LogP contribution >= 0.6 is 0 Å². The van der Waals surface area contributed by atoms with E-state index in [1.54, 1.807) is 0 Å². The van der Waals surface area contributed by atoms with Crippen molar-refractivity contribution in [3.63, 3.8) is 0 Å². The van der Waals surface area contributed by atoms with E-state index in [0.29, 0.717) is 18.1 Å². The van der Waals surface area contributed by atoms with Gasteiger partial charge < -0.3 is 8.85 Å². The highest BCUT2D eigenvalue weighted by molar-refractivity contribution is 6.75. The molecule has 0 aromatic heterocycles. The number of hydrogen-bond acceptors (Lipinski definition) is 3. The van der Waals surface area contributed by atoms with Crippen LogP contribution < -0.4 is 8.85 Å². The van der Waals surface area contributed by atoms with Crippen molar-refractivity contribution in [3.05, 3.63) is 23.3 Å². The first-order valence-corrected chi connectivity index (χ1v) is 20.6. The van der Waals surface area contributed by atoms with Crippen molar-refractivity contribution in [1.82, 2.24) is 0 Å². The van der Waals surface area contributed by atoms with Crippen LogP contribution in [0.1, 0.15) is 111 Å². The Morgan fingerprint density at radius 1 is 0.892 bits per heavy atom. The number of hydrogen-bond donors (Lipinski definition) is 0. The molecule has 210 valence electrons. The zero-order valence-corrected chi connectivity index (χ0v) is 28.4. The Labute approximate surface area is 230 Å². The van der Waals surface area contributed by atoms with Gasteiger partial charge in [0.1, 0.15) is 17.3 Å². The lowest BCUT2D eigenvalue weighted by molar-refractivity contribution is -0.151. The number of fused-ring (bicyclic) bond motifs is 2. The SMILES string of the molecule is CCCCCc1cc(O[Si](C)(C)C(C)(C)C)c([C@@H]2CC(=O)[C@@H]3C[C@H]2C3(C)C)c(O[Si](C)(C)C(C)(C)C)c1. The summed E-state index contributed by atoms with van der Waals surface area (Å²) in [5, 5.41) is 0.179. The highest BCUT2D eigenvalue weighted by Crippen LogP contribution is 2.64. The van der Waals surface area contributed by atoms with E-state index in [2.05, 4.69) is 101 Å². The van der Waals surface area contributed by atoms with Gasteiger partial charge in [-0.25, -0.2) is 0 Å². The predicted molar refractivity (Wildman–Crippen MR) is 163 cm³/mol. The highest BCUT2D eigenvalue weighted by atomic mass is 28.4. The van der Waals surface area contributed by atoms with Crippen LogP contribution in [0.2, 0.25) is 36.3 Å². The summed E-state index contributed by atoms with van der Waals surface area (Å²) in [7, 11) is -4.22. The minimum Gasteiger partial charge on any atom is -0.543 e. The molecule has 3 atom stereocenters. The first kappa shape index (κ1) is 30.5. The highest BCUT2D eigenvalue weighted by Gasteiger charge is 2.59. The Hall–Kier alpha value is -1.08. The molecule has 5 heteroatoms. The molecule has 1 aromatic rings. The molecule has 0 saturated heterocycles. The summed E-state index contributed by atoms with van der Waals surface area (Å²) in [6, 6.07) is 4.65. The third-order valence-corrected chi connectivity index (χ3v) is 19.3. The Morgan fingerprint density at radius 2 is 1.38 bits per heavy atom. The Kier molecular flexibility index (Phi) is 8.36. The van der Waals surface area contributed by atoms with Crippen molar-refractivity contribution in [3.8, 4) is 11.5 Å². The van der Waals surface area contributed by atoms with Crippen molar-refractivity contribution in [2.45, 2.75) is 143 Å². The average molecular weight is 545 g/mol. The Morgan fingerprint density at radius 3 is 1.76 bits per heavy atom. The van der Waals surface area contributed by atoms with E-state index < -0.39 is 16.6 Å². The molecule has 0 spiro atoms. The molecular weight excluding hydrogens is 489 g/mol. The van der Waals surface area contributed by atoms with E-state index in [0.717, 1.165) is 24.3 Å². The molecule has 37 heavy (non-hydrogen) atoms. The summed E-state index contributed by atoms with van der Waals surface area (Å²) in [6.07, 6.45) is 6.28. The van der Waals surface area contributed by atoms with Crippen LogP contribution in [0.4, 0.5) is 0 Å². The quantitative estimate of drug-likeness (QED) is 0.229. The number of carbonyl (C=O) groups is 1. The zero-order chi connectivity index (χ0) is 28.2. The van der Waals surface area contributed by atoms with E-state index in [1.807, 2.05) is 0 Å². The maximum absolute atomic E-state index is 13.3. The normalized spacial score (nSPS) is 24.0. The molecule has 4 rings (SSSR count). The summed E-state index contributed by atoms with van der Waals surface area (Å²) in [5.41, 5.74) is 2.55. The van der Waals surface area contributed by atoms with Crippen molar-refractivity contribution in [2.24, 2.45) is 17.3 Å². The first-order valence-electron chi connectivity index (χ1n) is 14.8. The van der Waals surface area contributed by atoms with Gasteiger partial charge in [-0.15, -0.1) is 0 Å². The molecule has 0 aliphatic heterocycles. The molecule has 3 saturated carbocycles. The number of Topliss-reactive ketones (excluding diaryl/α,β-unsaturated/α-hetero) is 1. The van der Waals surface area contributed by atoms with Gasteiger partial charge in [0.25, 0.3) is 0 Å². The number of unbranched alkanes of at least 4 members (excludes halogenated alkanes) is 2. The van der Waals surface area contributed by atoms with E-state index >= 15 is 0 Å². The van der Waals surface area contributed by atoms with E-state index in [1.165, 1.54) is 30.4 Å². The molecule has 3 aliphatic carbocycles. The summed E-state index contributed by atoms with van der Waals surface area (Å²) < 4.78 is 14.3. The summed E-state index contributed by atoms with van der Waals surface area (Å²) in [4.78, 5) is 13.3. The lowest BCUT2D eigenvalue weighted by Crippen LogP contribution is -2.56. The molecule has 3 fully saturated rings. The Bertz CT molecular complexity index is 945. The molecule has 0 N–H and O–H groups in total. The topological polar surface area (TPSA) is 35.5 Å². The minimum atomic E-state index is -2.11. The molecule has 0 amide bonds. The second-order valence-electron chi connectivity index (χ2n) is 15.7. The third kappa shape index (κ3) is 5.93. The number of rotatable bonds is 9. The van der Waals surface area contributed by atoms with Crippen LogP contribution in [0.25, 0.3) is 0 Å². The van der Waals surface area contributed by atoms with Crippen LogP contribution in [-0.4, -0.2) is 22.4 Å². The van der Waals surface area contributed by atoms with E-state index in [4.69, 9.17) is 8.85 Å². The zero-order valence-electron chi connectivity index (χ0n) is 26.4. The van der Waals surface area contributed by atoms with Crippen LogP contribution in [0.15, 0.2) is 12.1 Å². The monoisotopic (exact) mass is 544 g/mol. The number of ketones is 1. The molecule has 0 radical (unpaired) electrons. The summed E-state index contributed by atoms with van der Waals surface area (Å²) in [6.45, 7) is 30.1. The van der Waals surface area contributed by atoms with Crippen molar-refractivity contribution in [2.75, 3.05) is 0 Å². The second kappa shape index (κ2) is 10.2. The van der Waals surface area contributed by atoms with Gasteiger partial charge >= 0.3 is 0 Å². The fourth-order valence-electron chi connectivity index (χ4n) is 5.76. The van der Waals surface area contributed by atoms with Gasteiger partial charge in [-0.2, -0.15) is 0 Å².